The summed E-state index contributed by atoms with van der Waals surface area (Å²) in [7, 11) is 0. The minimum atomic E-state index is -0.896. The van der Waals surface area contributed by atoms with Gasteiger partial charge < -0.3 is 10.1 Å². The number of aryl methyl sites for hydroxylation is 1. The van der Waals surface area contributed by atoms with Gasteiger partial charge in [0.05, 0.1) is 5.52 Å². The van der Waals surface area contributed by atoms with E-state index < -0.39 is 5.97 Å². The molecule has 6 heteroatoms. The monoisotopic (exact) mass is 256 g/mol. The minimum absolute atomic E-state index is 0.343. The van der Waals surface area contributed by atoms with Crippen LogP contribution in [0.4, 0.5) is 0 Å². The van der Waals surface area contributed by atoms with Crippen molar-refractivity contribution in [2.24, 2.45) is 0 Å². The standard InChI is InChI=1S/C10H12N2O2S2/c1-4(2)15-10-11-6-5(3)16-8(9(13)14)7(6)12-10/h4H,1-3H3,(H,11,12)(H,13,14). The highest BCUT2D eigenvalue weighted by molar-refractivity contribution is 7.99. The molecular formula is C10H12N2O2S2. The molecule has 0 aliphatic rings. The maximum Gasteiger partial charge on any atom is 0.348 e. The molecular weight excluding hydrogens is 244 g/mol. The zero-order valence-corrected chi connectivity index (χ0v) is 10.8. The van der Waals surface area contributed by atoms with Crippen molar-refractivity contribution >= 4 is 40.1 Å². The van der Waals surface area contributed by atoms with Gasteiger partial charge in [0.1, 0.15) is 10.4 Å². The zero-order chi connectivity index (χ0) is 11.9. The predicted octanol–water partition coefficient (Wildman–Crippen LogP) is 3.13. The SMILES string of the molecule is Cc1sc(C(=O)O)c2[nH]c(SC(C)C)nc12. The van der Waals surface area contributed by atoms with Crippen LogP contribution in [0.25, 0.3) is 11.0 Å². The van der Waals surface area contributed by atoms with Crippen molar-refractivity contribution in [3.63, 3.8) is 0 Å². The summed E-state index contributed by atoms with van der Waals surface area (Å²) < 4.78 is 0. The Balaban J connectivity index is 2.53. The quantitative estimate of drug-likeness (QED) is 0.828. The molecule has 0 radical (unpaired) electrons. The van der Waals surface area contributed by atoms with Crippen LogP contribution in [0.3, 0.4) is 0 Å². The van der Waals surface area contributed by atoms with E-state index >= 15 is 0 Å². The molecule has 0 spiro atoms. The molecule has 0 saturated carbocycles. The first kappa shape index (κ1) is 11.5. The van der Waals surface area contributed by atoms with Crippen LogP contribution in [0.2, 0.25) is 0 Å². The second-order valence-corrected chi connectivity index (χ2v) is 6.51. The highest BCUT2D eigenvalue weighted by atomic mass is 32.2. The number of thioether (sulfide) groups is 1. The Morgan fingerprint density at radius 1 is 1.56 bits per heavy atom. The Bertz CT molecular complexity index is 542. The molecule has 0 atom stereocenters. The minimum Gasteiger partial charge on any atom is -0.477 e. The van der Waals surface area contributed by atoms with Gasteiger partial charge in [-0.1, -0.05) is 25.6 Å². The molecule has 2 aromatic rings. The summed E-state index contributed by atoms with van der Waals surface area (Å²) in [6.07, 6.45) is 0. The summed E-state index contributed by atoms with van der Waals surface area (Å²) in [5, 5.41) is 10.3. The normalized spacial score (nSPS) is 11.5. The van der Waals surface area contributed by atoms with E-state index in [4.69, 9.17) is 5.11 Å². The molecule has 2 N–H and O–H groups in total. The average Bonchev–Trinajstić information content (AvgIpc) is 2.66. The van der Waals surface area contributed by atoms with Crippen molar-refractivity contribution in [3.05, 3.63) is 9.75 Å². The largest absolute Gasteiger partial charge is 0.477 e. The number of hydrogen-bond donors (Lipinski definition) is 2. The highest BCUT2D eigenvalue weighted by Crippen LogP contribution is 2.32. The number of nitrogens with one attached hydrogen (secondary N) is 1. The van der Waals surface area contributed by atoms with Crippen LogP contribution >= 0.6 is 23.1 Å². The molecule has 0 bridgehead atoms. The molecule has 2 rings (SSSR count). The first-order valence-corrected chi connectivity index (χ1v) is 6.57. The Kier molecular flexibility index (Phi) is 2.94. The smallest absolute Gasteiger partial charge is 0.348 e. The van der Waals surface area contributed by atoms with Crippen molar-refractivity contribution in [2.45, 2.75) is 31.2 Å². The van der Waals surface area contributed by atoms with Crippen molar-refractivity contribution in [3.8, 4) is 0 Å². The number of rotatable bonds is 3. The summed E-state index contributed by atoms with van der Waals surface area (Å²) in [6, 6.07) is 0. The zero-order valence-electron chi connectivity index (χ0n) is 9.20. The number of fused-ring (bicyclic) bond motifs is 1. The van der Waals surface area contributed by atoms with Crippen LogP contribution in [0.15, 0.2) is 5.16 Å². The van der Waals surface area contributed by atoms with E-state index in [-0.39, 0.29) is 0 Å². The summed E-state index contributed by atoms with van der Waals surface area (Å²) in [4.78, 5) is 19.8. The van der Waals surface area contributed by atoms with Crippen molar-refractivity contribution in [2.75, 3.05) is 0 Å². The molecule has 4 nitrogen and oxygen atoms in total. The molecule has 0 aliphatic carbocycles. The number of nitrogens with zero attached hydrogens (tertiary/aromatic N) is 1. The third-order valence-corrected chi connectivity index (χ3v) is 4.01. The van der Waals surface area contributed by atoms with Gasteiger partial charge in [-0.15, -0.1) is 11.3 Å². The van der Waals surface area contributed by atoms with Gasteiger partial charge in [0.15, 0.2) is 5.16 Å². The highest BCUT2D eigenvalue weighted by Gasteiger charge is 2.18. The maximum atomic E-state index is 11.0. The number of carbonyl (C=O) groups is 1. The molecule has 2 heterocycles. The number of aromatic nitrogens is 2. The van der Waals surface area contributed by atoms with Gasteiger partial charge in [-0.2, -0.15) is 0 Å². The molecule has 0 fully saturated rings. The number of carboxylic acid groups (broad SMARTS) is 1. The van der Waals surface area contributed by atoms with Gasteiger partial charge in [0.25, 0.3) is 0 Å². The summed E-state index contributed by atoms with van der Waals surface area (Å²) in [6.45, 7) is 6.04. The van der Waals surface area contributed by atoms with Crippen LogP contribution in [0.1, 0.15) is 28.4 Å². The summed E-state index contributed by atoms with van der Waals surface area (Å²) in [5.74, 6) is -0.896. The molecule has 86 valence electrons. The van der Waals surface area contributed by atoms with Gasteiger partial charge in [-0.3, -0.25) is 0 Å². The maximum absolute atomic E-state index is 11.0. The first-order chi connectivity index (χ1) is 7.49. The lowest BCUT2D eigenvalue weighted by molar-refractivity contribution is 0.0704. The van der Waals surface area contributed by atoms with Crippen molar-refractivity contribution in [1.29, 1.82) is 0 Å². The van der Waals surface area contributed by atoms with E-state index in [1.807, 2.05) is 6.92 Å². The van der Waals surface area contributed by atoms with Gasteiger partial charge in [0.2, 0.25) is 0 Å². The molecule has 0 unspecified atom stereocenters. The average molecular weight is 256 g/mol. The van der Waals surface area contributed by atoms with E-state index in [0.29, 0.717) is 15.6 Å². The Labute approximate surface area is 101 Å². The van der Waals surface area contributed by atoms with Gasteiger partial charge >= 0.3 is 5.97 Å². The summed E-state index contributed by atoms with van der Waals surface area (Å²) >= 11 is 2.87. The lowest BCUT2D eigenvalue weighted by Crippen LogP contribution is -1.92. The van der Waals surface area contributed by atoms with E-state index in [0.717, 1.165) is 15.6 Å². The number of hydrogen-bond acceptors (Lipinski definition) is 4. The molecule has 2 aromatic heterocycles. The Hall–Kier alpha value is -1.01. The molecule has 0 aromatic carbocycles. The third-order valence-electron chi connectivity index (χ3n) is 2.04. The Morgan fingerprint density at radius 2 is 2.25 bits per heavy atom. The van der Waals surface area contributed by atoms with Crippen LogP contribution in [-0.4, -0.2) is 26.3 Å². The second-order valence-electron chi connectivity index (χ2n) is 3.72. The lowest BCUT2D eigenvalue weighted by Gasteiger charge is -1.98. The van der Waals surface area contributed by atoms with Gasteiger partial charge in [-0.05, 0) is 6.92 Å². The molecule has 16 heavy (non-hydrogen) atoms. The molecule has 0 amide bonds. The Morgan fingerprint density at radius 3 is 2.81 bits per heavy atom. The number of carboxylic acids is 1. The fourth-order valence-corrected chi connectivity index (χ4v) is 3.09. The molecule has 0 saturated heterocycles. The number of H-pyrrole nitrogens is 1. The van der Waals surface area contributed by atoms with Crippen LogP contribution in [-0.2, 0) is 0 Å². The van der Waals surface area contributed by atoms with Crippen LogP contribution in [0, 0.1) is 6.92 Å². The van der Waals surface area contributed by atoms with Gasteiger partial charge in [-0.25, -0.2) is 9.78 Å². The van der Waals surface area contributed by atoms with E-state index in [9.17, 15) is 4.79 Å². The topological polar surface area (TPSA) is 66.0 Å². The first-order valence-electron chi connectivity index (χ1n) is 4.88. The fourth-order valence-electron chi connectivity index (χ4n) is 1.45. The number of thiophene rings is 1. The van der Waals surface area contributed by atoms with E-state index in [1.54, 1.807) is 11.8 Å². The van der Waals surface area contributed by atoms with Crippen molar-refractivity contribution in [1.82, 2.24) is 9.97 Å². The second kappa shape index (κ2) is 4.10. The molecule has 0 aliphatic heterocycles. The van der Waals surface area contributed by atoms with Crippen LogP contribution in [0.5, 0.6) is 0 Å². The predicted molar refractivity (Wildman–Crippen MR) is 66.7 cm³/mol. The lowest BCUT2D eigenvalue weighted by atomic mass is 10.3. The summed E-state index contributed by atoms with van der Waals surface area (Å²) in [5.41, 5.74) is 1.43. The number of imidazole rings is 1. The number of aromatic carboxylic acids is 1. The van der Waals surface area contributed by atoms with Crippen molar-refractivity contribution < 1.29 is 9.90 Å². The van der Waals surface area contributed by atoms with E-state index in [1.165, 1.54) is 11.3 Å². The van der Waals surface area contributed by atoms with E-state index in [2.05, 4.69) is 23.8 Å². The fraction of sp³-hybridized carbons (Fsp3) is 0.400. The van der Waals surface area contributed by atoms with Crippen LogP contribution < -0.4 is 0 Å². The van der Waals surface area contributed by atoms with Gasteiger partial charge in [0, 0.05) is 10.1 Å². The number of aromatic amines is 1. The third kappa shape index (κ3) is 1.94.